The fraction of sp³-hybridized carbons (Fsp3) is 0.600. The lowest BCUT2D eigenvalue weighted by Crippen LogP contribution is -2.48. The van der Waals surface area contributed by atoms with Crippen molar-refractivity contribution in [2.75, 3.05) is 6.54 Å². The third kappa shape index (κ3) is 2.46. The summed E-state index contributed by atoms with van der Waals surface area (Å²) in [5.74, 6) is -0.485. The van der Waals surface area contributed by atoms with Gasteiger partial charge in [-0.05, 0) is 44.7 Å². The van der Waals surface area contributed by atoms with E-state index >= 15 is 0 Å². The van der Waals surface area contributed by atoms with Gasteiger partial charge in [-0.15, -0.1) is 11.3 Å². The molecule has 1 aromatic rings. The number of carbonyl (C=O) groups is 2. The molecule has 0 spiro atoms. The van der Waals surface area contributed by atoms with Crippen molar-refractivity contribution in [3.63, 3.8) is 0 Å². The molecule has 2 aliphatic rings. The number of aryl methyl sites for hydroxylation is 1. The lowest BCUT2D eigenvalue weighted by molar-refractivity contribution is -0.152. The van der Waals surface area contributed by atoms with Gasteiger partial charge in [-0.25, -0.2) is 4.79 Å². The molecule has 20 heavy (non-hydrogen) atoms. The Hall–Kier alpha value is -1.36. The Balaban J connectivity index is 1.69. The van der Waals surface area contributed by atoms with Gasteiger partial charge in [-0.2, -0.15) is 0 Å². The minimum atomic E-state index is -0.859. The highest BCUT2D eigenvalue weighted by molar-refractivity contribution is 7.12. The Kier molecular flexibility index (Phi) is 3.54. The van der Waals surface area contributed by atoms with Gasteiger partial charge in [0.15, 0.2) is 0 Å². The zero-order chi connectivity index (χ0) is 14.3. The first kappa shape index (κ1) is 13.6. The molecule has 1 N–H and O–H groups in total. The van der Waals surface area contributed by atoms with Crippen LogP contribution in [-0.4, -0.2) is 34.5 Å². The third-order valence-corrected chi connectivity index (χ3v) is 5.44. The van der Waals surface area contributed by atoms with Crippen LogP contribution < -0.4 is 0 Å². The average Bonchev–Trinajstić information content (AvgIpc) is 3.13. The molecule has 3 atom stereocenters. The average molecular weight is 293 g/mol. The second kappa shape index (κ2) is 5.20. The van der Waals surface area contributed by atoms with E-state index in [4.69, 9.17) is 0 Å². The molecule has 2 heterocycles. The number of rotatable bonds is 3. The first-order valence-electron chi connectivity index (χ1n) is 7.17. The van der Waals surface area contributed by atoms with Gasteiger partial charge in [0.1, 0.15) is 6.04 Å². The van der Waals surface area contributed by atoms with Crippen LogP contribution in [0.25, 0.3) is 0 Å². The van der Waals surface area contributed by atoms with Crippen LogP contribution in [0.15, 0.2) is 12.1 Å². The summed E-state index contributed by atoms with van der Waals surface area (Å²) in [5.41, 5.74) is 0. The van der Waals surface area contributed by atoms with E-state index in [9.17, 15) is 14.7 Å². The molecule has 0 bridgehead atoms. The molecule has 3 rings (SSSR count). The standard InChI is InChI=1S/C15H19NO3S/c1-9-5-6-13(20-9)10-8-11(10)14(17)16-7-3-2-4-12(16)15(18)19/h5-6,10-12H,2-4,7-8H2,1H3,(H,18,19)/t10?,11?,12-/m1/s1. The van der Waals surface area contributed by atoms with Crippen LogP contribution in [0.2, 0.25) is 0 Å². The second-order valence-corrected chi connectivity index (χ2v) is 7.10. The molecule has 0 aromatic carbocycles. The largest absolute Gasteiger partial charge is 0.480 e. The van der Waals surface area contributed by atoms with Gasteiger partial charge in [0.05, 0.1) is 0 Å². The van der Waals surface area contributed by atoms with Crippen molar-refractivity contribution in [1.82, 2.24) is 4.90 Å². The number of carboxylic acid groups (broad SMARTS) is 1. The summed E-state index contributed by atoms with van der Waals surface area (Å²) in [7, 11) is 0. The number of thiophene rings is 1. The molecule has 4 nitrogen and oxygen atoms in total. The number of piperidine rings is 1. The van der Waals surface area contributed by atoms with Gasteiger partial charge in [0.25, 0.3) is 0 Å². The van der Waals surface area contributed by atoms with Gasteiger partial charge < -0.3 is 10.0 Å². The molecular weight excluding hydrogens is 274 g/mol. The molecule has 1 aliphatic heterocycles. The first-order chi connectivity index (χ1) is 9.58. The molecule has 0 radical (unpaired) electrons. The first-order valence-corrected chi connectivity index (χ1v) is 7.99. The van der Waals surface area contributed by atoms with Crippen LogP contribution >= 0.6 is 11.3 Å². The predicted octanol–water partition coefficient (Wildman–Crippen LogP) is 2.63. The monoisotopic (exact) mass is 293 g/mol. The number of hydrogen-bond acceptors (Lipinski definition) is 3. The molecule has 1 saturated heterocycles. The van der Waals surface area contributed by atoms with Crippen molar-refractivity contribution in [2.45, 2.75) is 44.6 Å². The van der Waals surface area contributed by atoms with E-state index in [0.717, 1.165) is 19.3 Å². The van der Waals surface area contributed by atoms with Crippen molar-refractivity contribution in [2.24, 2.45) is 5.92 Å². The Morgan fingerprint density at radius 1 is 1.35 bits per heavy atom. The maximum absolute atomic E-state index is 12.5. The molecule has 1 aliphatic carbocycles. The zero-order valence-corrected chi connectivity index (χ0v) is 12.4. The number of likely N-dealkylation sites (tertiary alicyclic amines) is 1. The van der Waals surface area contributed by atoms with Crippen LogP contribution in [0, 0.1) is 12.8 Å². The van der Waals surface area contributed by atoms with E-state index in [1.165, 1.54) is 9.75 Å². The van der Waals surface area contributed by atoms with E-state index in [-0.39, 0.29) is 11.8 Å². The van der Waals surface area contributed by atoms with E-state index in [0.29, 0.717) is 18.9 Å². The quantitative estimate of drug-likeness (QED) is 0.932. The maximum atomic E-state index is 12.5. The van der Waals surface area contributed by atoms with Crippen molar-refractivity contribution >= 4 is 23.2 Å². The Bertz CT molecular complexity index is 539. The SMILES string of the molecule is Cc1ccc(C2CC2C(=O)N2CCCC[C@@H]2C(=O)O)s1. The number of carbonyl (C=O) groups excluding carboxylic acids is 1. The van der Waals surface area contributed by atoms with Crippen LogP contribution in [0.1, 0.15) is 41.4 Å². The van der Waals surface area contributed by atoms with Crippen LogP contribution in [0.4, 0.5) is 0 Å². The highest BCUT2D eigenvalue weighted by Gasteiger charge is 2.48. The summed E-state index contributed by atoms with van der Waals surface area (Å²) in [4.78, 5) is 27.9. The van der Waals surface area contributed by atoms with Crippen molar-refractivity contribution in [3.8, 4) is 0 Å². The zero-order valence-electron chi connectivity index (χ0n) is 11.5. The highest BCUT2D eigenvalue weighted by Crippen LogP contribution is 2.51. The molecule has 2 fully saturated rings. The summed E-state index contributed by atoms with van der Waals surface area (Å²) in [5, 5.41) is 9.25. The summed E-state index contributed by atoms with van der Waals surface area (Å²) in [6.45, 7) is 2.67. The molecule has 1 aromatic heterocycles. The molecule has 1 amide bonds. The van der Waals surface area contributed by atoms with Gasteiger partial charge in [-0.3, -0.25) is 4.79 Å². The molecular formula is C15H19NO3S. The van der Waals surface area contributed by atoms with Crippen LogP contribution in [-0.2, 0) is 9.59 Å². The van der Waals surface area contributed by atoms with Crippen molar-refractivity contribution in [1.29, 1.82) is 0 Å². The third-order valence-electron chi connectivity index (χ3n) is 4.31. The lowest BCUT2D eigenvalue weighted by Gasteiger charge is -2.33. The minimum Gasteiger partial charge on any atom is -0.480 e. The van der Waals surface area contributed by atoms with Crippen LogP contribution in [0.5, 0.6) is 0 Å². The summed E-state index contributed by atoms with van der Waals surface area (Å²) in [6, 6.07) is 3.58. The summed E-state index contributed by atoms with van der Waals surface area (Å²) in [6.07, 6.45) is 3.29. The Morgan fingerprint density at radius 2 is 2.15 bits per heavy atom. The number of carboxylic acids is 1. The normalized spacial score (nSPS) is 29.2. The van der Waals surface area contributed by atoms with Crippen molar-refractivity contribution in [3.05, 3.63) is 21.9 Å². The number of aliphatic carboxylic acids is 1. The summed E-state index contributed by atoms with van der Waals surface area (Å²) < 4.78 is 0. The van der Waals surface area contributed by atoms with Gasteiger partial charge in [0.2, 0.25) is 5.91 Å². The number of amides is 1. The van der Waals surface area contributed by atoms with E-state index in [2.05, 4.69) is 19.1 Å². The predicted molar refractivity (Wildman–Crippen MR) is 76.9 cm³/mol. The number of hydrogen-bond donors (Lipinski definition) is 1. The van der Waals surface area contributed by atoms with Crippen molar-refractivity contribution < 1.29 is 14.7 Å². The van der Waals surface area contributed by atoms with E-state index in [1.54, 1.807) is 16.2 Å². The molecule has 1 saturated carbocycles. The Labute approximate surface area is 122 Å². The molecule has 2 unspecified atom stereocenters. The van der Waals surface area contributed by atoms with Gasteiger partial charge >= 0.3 is 5.97 Å². The van der Waals surface area contributed by atoms with E-state index < -0.39 is 12.0 Å². The smallest absolute Gasteiger partial charge is 0.326 e. The topological polar surface area (TPSA) is 57.6 Å². The highest BCUT2D eigenvalue weighted by atomic mass is 32.1. The van der Waals surface area contributed by atoms with Gasteiger partial charge in [-0.1, -0.05) is 0 Å². The van der Waals surface area contributed by atoms with Crippen LogP contribution in [0.3, 0.4) is 0 Å². The lowest BCUT2D eigenvalue weighted by atomic mass is 10.0. The molecule has 5 heteroatoms. The Morgan fingerprint density at radius 3 is 2.80 bits per heavy atom. The van der Waals surface area contributed by atoms with Gasteiger partial charge in [0, 0.05) is 28.1 Å². The van der Waals surface area contributed by atoms with E-state index in [1.807, 2.05) is 0 Å². The second-order valence-electron chi connectivity index (χ2n) is 5.78. The number of nitrogens with zero attached hydrogens (tertiary/aromatic N) is 1. The summed E-state index contributed by atoms with van der Waals surface area (Å²) >= 11 is 1.75. The maximum Gasteiger partial charge on any atom is 0.326 e. The fourth-order valence-corrected chi connectivity index (χ4v) is 4.16. The molecule has 108 valence electrons. The fourth-order valence-electron chi connectivity index (χ4n) is 3.10. The minimum absolute atomic E-state index is 0.00741.